The van der Waals surface area contributed by atoms with Crippen LogP contribution in [0.4, 0.5) is 0 Å². The number of nitrogens with two attached hydrogens (primary N) is 1. The first-order chi connectivity index (χ1) is 9.04. The van der Waals surface area contributed by atoms with Crippen molar-refractivity contribution in [1.82, 2.24) is 5.32 Å². The number of carbonyl (C=O) groups is 1. The molecule has 0 aromatic heterocycles. The molecule has 106 valence electrons. The number of carbonyl (C=O) groups excluding carboxylic acids is 1. The van der Waals surface area contributed by atoms with Gasteiger partial charge >= 0.3 is 0 Å². The quantitative estimate of drug-likeness (QED) is 0.794. The predicted molar refractivity (Wildman–Crippen MR) is 79.6 cm³/mol. The maximum absolute atomic E-state index is 12.0. The average Bonchev–Trinajstić information content (AvgIpc) is 2.42. The molecule has 0 spiro atoms. The van der Waals surface area contributed by atoms with Gasteiger partial charge in [0, 0.05) is 6.42 Å². The summed E-state index contributed by atoms with van der Waals surface area (Å²) in [5.41, 5.74) is 6.73. The molecule has 2 atom stereocenters. The number of amides is 1. The molecule has 0 heterocycles. The first-order valence-electron chi connectivity index (χ1n) is 7.09. The molecule has 3 nitrogen and oxygen atoms in total. The molecule has 0 radical (unpaired) electrons. The van der Waals surface area contributed by atoms with Crippen molar-refractivity contribution < 1.29 is 4.79 Å². The van der Waals surface area contributed by atoms with Gasteiger partial charge in [-0.1, -0.05) is 51.1 Å². The molecule has 3 heteroatoms. The van der Waals surface area contributed by atoms with Crippen molar-refractivity contribution in [3.05, 3.63) is 35.9 Å². The molecule has 0 aliphatic rings. The minimum atomic E-state index is 0.0851. The molecular formula is C16H26N2O. The Kier molecular flexibility index (Phi) is 6.57. The van der Waals surface area contributed by atoms with Crippen molar-refractivity contribution >= 4 is 5.91 Å². The Hall–Kier alpha value is -1.35. The first kappa shape index (κ1) is 15.7. The fourth-order valence-corrected chi connectivity index (χ4v) is 2.04. The van der Waals surface area contributed by atoms with E-state index in [0.29, 0.717) is 24.8 Å². The first-order valence-corrected chi connectivity index (χ1v) is 7.09. The van der Waals surface area contributed by atoms with Crippen molar-refractivity contribution in [2.24, 2.45) is 17.6 Å². The van der Waals surface area contributed by atoms with Crippen LogP contribution >= 0.6 is 0 Å². The summed E-state index contributed by atoms with van der Waals surface area (Å²) in [4.78, 5) is 12.0. The summed E-state index contributed by atoms with van der Waals surface area (Å²) >= 11 is 0. The van der Waals surface area contributed by atoms with Crippen molar-refractivity contribution in [3.63, 3.8) is 0 Å². The van der Waals surface area contributed by atoms with Crippen LogP contribution in [-0.2, 0) is 4.79 Å². The third-order valence-corrected chi connectivity index (χ3v) is 3.41. The largest absolute Gasteiger partial charge is 0.349 e. The zero-order chi connectivity index (χ0) is 14.3. The summed E-state index contributed by atoms with van der Waals surface area (Å²) in [5, 5.41) is 3.13. The topological polar surface area (TPSA) is 55.1 Å². The minimum absolute atomic E-state index is 0.0851. The van der Waals surface area contributed by atoms with E-state index >= 15 is 0 Å². The summed E-state index contributed by atoms with van der Waals surface area (Å²) < 4.78 is 0. The lowest BCUT2D eigenvalue weighted by atomic mass is 9.95. The Bertz CT molecular complexity index is 376. The van der Waals surface area contributed by atoms with E-state index in [2.05, 4.69) is 38.2 Å². The Balaban J connectivity index is 2.57. The molecule has 0 aliphatic carbocycles. The van der Waals surface area contributed by atoms with Gasteiger partial charge in [-0.05, 0) is 30.4 Å². The van der Waals surface area contributed by atoms with Crippen molar-refractivity contribution in [3.8, 4) is 0 Å². The van der Waals surface area contributed by atoms with Crippen molar-refractivity contribution in [2.75, 3.05) is 6.54 Å². The van der Waals surface area contributed by atoms with Gasteiger partial charge in [0.15, 0.2) is 0 Å². The maximum atomic E-state index is 12.0. The van der Waals surface area contributed by atoms with Gasteiger partial charge in [0.1, 0.15) is 0 Å². The fraction of sp³-hybridized carbons (Fsp3) is 0.562. The highest BCUT2D eigenvalue weighted by Crippen LogP contribution is 2.21. The van der Waals surface area contributed by atoms with Gasteiger partial charge in [-0.15, -0.1) is 0 Å². The standard InChI is InChI=1S/C16H26N2O/c1-12(2)16(14-7-5-4-6-8-14)18-15(19)10-9-13(3)11-17/h4-8,12-13,16H,9-11,17H2,1-3H3,(H,18,19). The van der Waals surface area contributed by atoms with Gasteiger partial charge < -0.3 is 11.1 Å². The number of hydrogen-bond donors (Lipinski definition) is 2. The minimum Gasteiger partial charge on any atom is -0.349 e. The number of nitrogens with one attached hydrogen (secondary N) is 1. The SMILES string of the molecule is CC(CN)CCC(=O)NC(c1ccccc1)C(C)C. The van der Waals surface area contributed by atoms with Gasteiger partial charge in [-0.3, -0.25) is 4.79 Å². The third kappa shape index (κ3) is 5.43. The highest BCUT2D eigenvalue weighted by molar-refractivity contribution is 5.76. The van der Waals surface area contributed by atoms with Gasteiger partial charge in [-0.2, -0.15) is 0 Å². The summed E-state index contributed by atoms with van der Waals surface area (Å²) in [7, 11) is 0. The van der Waals surface area contributed by atoms with E-state index in [0.717, 1.165) is 12.0 Å². The highest BCUT2D eigenvalue weighted by Gasteiger charge is 2.18. The maximum Gasteiger partial charge on any atom is 0.220 e. The number of rotatable bonds is 7. The number of hydrogen-bond acceptors (Lipinski definition) is 2. The smallest absolute Gasteiger partial charge is 0.220 e. The van der Waals surface area contributed by atoms with Crippen LogP contribution in [0.1, 0.15) is 45.2 Å². The Morgan fingerprint density at radius 1 is 1.21 bits per heavy atom. The lowest BCUT2D eigenvalue weighted by Crippen LogP contribution is -2.32. The zero-order valence-electron chi connectivity index (χ0n) is 12.2. The van der Waals surface area contributed by atoms with E-state index < -0.39 is 0 Å². The molecule has 1 rings (SSSR count). The highest BCUT2D eigenvalue weighted by atomic mass is 16.1. The zero-order valence-corrected chi connectivity index (χ0v) is 12.2. The molecule has 19 heavy (non-hydrogen) atoms. The van der Waals surface area contributed by atoms with Crippen LogP contribution in [0, 0.1) is 11.8 Å². The normalized spacial score (nSPS) is 14.2. The number of benzene rings is 1. The predicted octanol–water partition coefficient (Wildman–Crippen LogP) is 2.87. The Labute approximate surface area is 116 Å². The third-order valence-electron chi connectivity index (χ3n) is 3.41. The van der Waals surface area contributed by atoms with E-state index in [1.54, 1.807) is 0 Å². The second-order valence-electron chi connectivity index (χ2n) is 5.58. The summed E-state index contributed by atoms with van der Waals surface area (Å²) in [5.74, 6) is 0.890. The summed E-state index contributed by atoms with van der Waals surface area (Å²) in [6.07, 6.45) is 1.40. The van der Waals surface area contributed by atoms with E-state index in [4.69, 9.17) is 5.73 Å². The van der Waals surface area contributed by atoms with Crippen LogP contribution < -0.4 is 11.1 Å². The Morgan fingerprint density at radius 2 is 1.84 bits per heavy atom. The van der Waals surface area contributed by atoms with Crippen LogP contribution in [0.3, 0.4) is 0 Å². The van der Waals surface area contributed by atoms with E-state index in [-0.39, 0.29) is 11.9 Å². The van der Waals surface area contributed by atoms with Crippen LogP contribution in [-0.4, -0.2) is 12.5 Å². The second-order valence-corrected chi connectivity index (χ2v) is 5.58. The molecule has 0 aliphatic heterocycles. The van der Waals surface area contributed by atoms with Crippen LogP contribution in [0.25, 0.3) is 0 Å². The van der Waals surface area contributed by atoms with Crippen LogP contribution in [0.5, 0.6) is 0 Å². The van der Waals surface area contributed by atoms with Crippen molar-refractivity contribution in [2.45, 2.75) is 39.7 Å². The van der Waals surface area contributed by atoms with Gasteiger partial charge in [0.2, 0.25) is 5.91 Å². The average molecular weight is 262 g/mol. The molecular weight excluding hydrogens is 236 g/mol. The van der Waals surface area contributed by atoms with Crippen molar-refractivity contribution in [1.29, 1.82) is 0 Å². The molecule has 1 aromatic rings. The lowest BCUT2D eigenvalue weighted by molar-refractivity contribution is -0.122. The summed E-state index contributed by atoms with van der Waals surface area (Å²) in [6, 6.07) is 10.2. The fourth-order valence-electron chi connectivity index (χ4n) is 2.04. The Morgan fingerprint density at radius 3 is 2.37 bits per heavy atom. The molecule has 0 fully saturated rings. The van der Waals surface area contributed by atoms with Gasteiger partial charge in [-0.25, -0.2) is 0 Å². The van der Waals surface area contributed by atoms with E-state index in [9.17, 15) is 4.79 Å². The molecule has 2 unspecified atom stereocenters. The molecule has 0 bridgehead atoms. The van der Waals surface area contributed by atoms with Gasteiger partial charge in [0.25, 0.3) is 0 Å². The van der Waals surface area contributed by atoms with Crippen LogP contribution in [0.15, 0.2) is 30.3 Å². The summed E-state index contributed by atoms with van der Waals surface area (Å²) in [6.45, 7) is 6.96. The molecule has 0 saturated heterocycles. The molecule has 1 amide bonds. The molecule has 0 saturated carbocycles. The lowest BCUT2D eigenvalue weighted by Gasteiger charge is -2.23. The molecule has 3 N–H and O–H groups in total. The van der Waals surface area contributed by atoms with Gasteiger partial charge in [0.05, 0.1) is 6.04 Å². The van der Waals surface area contributed by atoms with E-state index in [1.165, 1.54) is 0 Å². The molecule has 1 aromatic carbocycles. The second kappa shape index (κ2) is 7.95. The monoisotopic (exact) mass is 262 g/mol. The van der Waals surface area contributed by atoms with Crippen LogP contribution in [0.2, 0.25) is 0 Å². The van der Waals surface area contributed by atoms with E-state index in [1.807, 2.05) is 18.2 Å².